The lowest BCUT2D eigenvalue weighted by Gasteiger charge is -2.17. The molecule has 1 amide bonds. The lowest BCUT2D eigenvalue weighted by Crippen LogP contribution is -2.27. The summed E-state index contributed by atoms with van der Waals surface area (Å²) in [6.07, 6.45) is 0.280. The second kappa shape index (κ2) is 4.59. The molecule has 0 aliphatic heterocycles. The van der Waals surface area contributed by atoms with Crippen LogP contribution in [0.25, 0.3) is 0 Å². The standard InChI is InChI=1S/C11H13NO3/c1-8-4-5-10(15-3)9(6-8)12(2)11(14)7-13/h4-7H,1-3H3. The van der Waals surface area contributed by atoms with E-state index in [9.17, 15) is 9.59 Å². The van der Waals surface area contributed by atoms with Crippen molar-refractivity contribution < 1.29 is 14.3 Å². The molecule has 0 saturated carbocycles. The molecule has 0 fully saturated rings. The number of ether oxygens (including phenoxy) is 1. The highest BCUT2D eigenvalue weighted by Gasteiger charge is 2.14. The van der Waals surface area contributed by atoms with E-state index in [-0.39, 0.29) is 6.29 Å². The topological polar surface area (TPSA) is 46.6 Å². The first-order valence-electron chi connectivity index (χ1n) is 4.47. The molecule has 0 bridgehead atoms. The van der Waals surface area contributed by atoms with Crippen molar-refractivity contribution in [3.05, 3.63) is 23.8 Å². The molecular weight excluding hydrogens is 194 g/mol. The summed E-state index contributed by atoms with van der Waals surface area (Å²) < 4.78 is 5.11. The lowest BCUT2D eigenvalue weighted by molar-refractivity contribution is -0.129. The summed E-state index contributed by atoms with van der Waals surface area (Å²) in [5.74, 6) is -0.0304. The number of carbonyl (C=O) groups excluding carboxylic acids is 2. The SMILES string of the molecule is COc1ccc(C)cc1N(C)C(=O)C=O. The molecule has 1 rings (SSSR count). The number of benzene rings is 1. The highest BCUT2D eigenvalue weighted by Crippen LogP contribution is 2.28. The predicted octanol–water partition coefficient (Wildman–Crippen LogP) is 1.17. The number of aldehydes is 1. The van der Waals surface area contributed by atoms with Gasteiger partial charge in [0.2, 0.25) is 6.29 Å². The van der Waals surface area contributed by atoms with Gasteiger partial charge in [-0.05, 0) is 24.6 Å². The van der Waals surface area contributed by atoms with Gasteiger partial charge in [-0.3, -0.25) is 9.59 Å². The van der Waals surface area contributed by atoms with Crippen LogP contribution in [-0.2, 0) is 9.59 Å². The Bertz CT molecular complexity index is 387. The number of nitrogens with zero attached hydrogens (tertiary/aromatic N) is 1. The molecule has 0 aromatic heterocycles. The van der Waals surface area contributed by atoms with Crippen molar-refractivity contribution in [3.8, 4) is 5.75 Å². The number of methoxy groups -OCH3 is 1. The van der Waals surface area contributed by atoms with Crippen LogP contribution in [0.5, 0.6) is 5.75 Å². The molecule has 4 heteroatoms. The fourth-order valence-electron chi connectivity index (χ4n) is 1.26. The van der Waals surface area contributed by atoms with E-state index in [0.29, 0.717) is 11.4 Å². The van der Waals surface area contributed by atoms with Gasteiger partial charge in [0.15, 0.2) is 0 Å². The van der Waals surface area contributed by atoms with Crippen LogP contribution in [0.4, 0.5) is 5.69 Å². The smallest absolute Gasteiger partial charge is 0.290 e. The van der Waals surface area contributed by atoms with Gasteiger partial charge in [-0.25, -0.2) is 0 Å². The minimum absolute atomic E-state index is 0.280. The molecule has 0 N–H and O–H groups in total. The Morgan fingerprint density at radius 3 is 2.67 bits per heavy atom. The van der Waals surface area contributed by atoms with Crippen LogP contribution in [-0.4, -0.2) is 26.4 Å². The van der Waals surface area contributed by atoms with Crippen molar-refractivity contribution in [1.82, 2.24) is 0 Å². The summed E-state index contributed by atoms with van der Waals surface area (Å²) >= 11 is 0. The normalized spacial score (nSPS) is 9.53. The van der Waals surface area contributed by atoms with E-state index in [1.165, 1.54) is 19.1 Å². The zero-order valence-electron chi connectivity index (χ0n) is 8.98. The molecular formula is C11H13NO3. The summed E-state index contributed by atoms with van der Waals surface area (Å²) in [7, 11) is 3.06. The highest BCUT2D eigenvalue weighted by molar-refractivity contribution is 6.30. The van der Waals surface area contributed by atoms with Gasteiger partial charge in [-0.1, -0.05) is 6.07 Å². The second-order valence-corrected chi connectivity index (χ2v) is 3.19. The molecule has 0 aliphatic rings. The molecule has 0 atom stereocenters. The molecule has 0 radical (unpaired) electrons. The fourth-order valence-corrected chi connectivity index (χ4v) is 1.26. The van der Waals surface area contributed by atoms with Crippen LogP contribution in [0.2, 0.25) is 0 Å². The third-order valence-corrected chi connectivity index (χ3v) is 2.13. The van der Waals surface area contributed by atoms with Crippen LogP contribution >= 0.6 is 0 Å². The van der Waals surface area contributed by atoms with Gasteiger partial charge in [-0.15, -0.1) is 0 Å². The summed E-state index contributed by atoms with van der Waals surface area (Å²) in [5.41, 5.74) is 1.59. The second-order valence-electron chi connectivity index (χ2n) is 3.19. The molecule has 0 heterocycles. The molecule has 4 nitrogen and oxygen atoms in total. The van der Waals surface area contributed by atoms with Gasteiger partial charge in [0.1, 0.15) is 5.75 Å². The van der Waals surface area contributed by atoms with Gasteiger partial charge >= 0.3 is 0 Å². The zero-order valence-corrected chi connectivity index (χ0v) is 8.98. The number of hydrogen-bond donors (Lipinski definition) is 0. The van der Waals surface area contributed by atoms with Gasteiger partial charge in [0.25, 0.3) is 5.91 Å². The molecule has 80 valence electrons. The van der Waals surface area contributed by atoms with E-state index in [2.05, 4.69) is 0 Å². The Morgan fingerprint density at radius 1 is 1.47 bits per heavy atom. The maximum Gasteiger partial charge on any atom is 0.290 e. The molecule has 15 heavy (non-hydrogen) atoms. The van der Waals surface area contributed by atoms with Gasteiger partial charge in [-0.2, -0.15) is 0 Å². The predicted molar refractivity (Wildman–Crippen MR) is 57.2 cm³/mol. The van der Waals surface area contributed by atoms with Crippen molar-refractivity contribution in [3.63, 3.8) is 0 Å². The molecule has 0 saturated heterocycles. The van der Waals surface area contributed by atoms with Crippen LogP contribution in [0, 0.1) is 6.92 Å². The van der Waals surface area contributed by atoms with E-state index < -0.39 is 5.91 Å². The van der Waals surface area contributed by atoms with E-state index in [0.717, 1.165) is 5.56 Å². The first-order valence-corrected chi connectivity index (χ1v) is 4.47. The lowest BCUT2D eigenvalue weighted by atomic mass is 10.2. The highest BCUT2D eigenvalue weighted by atomic mass is 16.5. The Hall–Kier alpha value is -1.84. The van der Waals surface area contributed by atoms with Crippen LogP contribution in [0.3, 0.4) is 0 Å². The maximum atomic E-state index is 11.2. The first-order chi connectivity index (χ1) is 7.10. The average molecular weight is 207 g/mol. The van der Waals surface area contributed by atoms with Gasteiger partial charge < -0.3 is 9.64 Å². The van der Waals surface area contributed by atoms with Crippen LogP contribution < -0.4 is 9.64 Å². The molecule has 1 aromatic carbocycles. The Labute approximate surface area is 88.5 Å². The Balaban J connectivity index is 3.16. The average Bonchev–Trinajstić information content (AvgIpc) is 2.27. The monoisotopic (exact) mass is 207 g/mol. The number of carbonyl (C=O) groups is 2. The largest absolute Gasteiger partial charge is 0.495 e. The number of likely N-dealkylation sites (N-methyl/N-ethyl adjacent to an activating group) is 1. The van der Waals surface area contributed by atoms with E-state index >= 15 is 0 Å². The van der Waals surface area contributed by atoms with E-state index in [1.54, 1.807) is 12.1 Å². The number of hydrogen-bond acceptors (Lipinski definition) is 3. The molecule has 1 aromatic rings. The number of amides is 1. The molecule has 0 aliphatic carbocycles. The number of aryl methyl sites for hydroxylation is 1. The summed E-state index contributed by atoms with van der Waals surface area (Å²) in [6, 6.07) is 5.43. The summed E-state index contributed by atoms with van der Waals surface area (Å²) in [6.45, 7) is 1.90. The van der Waals surface area contributed by atoms with Crippen molar-refractivity contribution in [2.45, 2.75) is 6.92 Å². The minimum Gasteiger partial charge on any atom is -0.495 e. The molecule has 0 unspecified atom stereocenters. The third kappa shape index (κ3) is 2.34. The minimum atomic E-state index is -0.598. The summed E-state index contributed by atoms with van der Waals surface area (Å²) in [4.78, 5) is 22.8. The van der Waals surface area contributed by atoms with Gasteiger partial charge in [0.05, 0.1) is 12.8 Å². The van der Waals surface area contributed by atoms with Crippen molar-refractivity contribution in [2.24, 2.45) is 0 Å². The molecule has 0 spiro atoms. The fraction of sp³-hybridized carbons (Fsp3) is 0.273. The van der Waals surface area contributed by atoms with Crippen molar-refractivity contribution in [1.29, 1.82) is 0 Å². The van der Waals surface area contributed by atoms with Crippen LogP contribution in [0.1, 0.15) is 5.56 Å². The van der Waals surface area contributed by atoms with E-state index in [1.807, 2.05) is 13.0 Å². The number of rotatable bonds is 3. The number of anilines is 1. The van der Waals surface area contributed by atoms with Gasteiger partial charge in [0, 0.05) is 7.05 Å². The summed E-state index contributed by atoms with van der Waals surface area (Å²) in [5, 5.41) is 0. The first kappa shape index (κ1) is 11.2. The van der Waals surface area contributed by atoms with Crippen LogP contribution in [0.15, 0.2) is 18.2 Å². The Kier molecular flexibility index (Phi) is 3.44. The zero-order chi connectivity index (χ0) is 11.4. The Morgan fingerprint density at radius 2 is 2.13 bits per heavy atom. The van der Waals surface area contributed by atoms with Crippen molar-refractivity contribution in [2.75, 3.05) is 19.1 Å². The maximum absolute atomic E-state index is 11.2. The quantitative estimate of drug-likeness (QED) is 0.552. The van der Waals surface area contributed by atoms with E-state index in [4.69, 9.17) is 4.74 Å². The third-order valence-electron chi connectivity index (χ3n) is 2.13. The van der Waals surface area contributed by atoms with Crippen molar-refractivity contribution >= 4 is 17.9 Å².